The number of fused-ring (bicyclic) bond motifs is 7. The summed E-state index contributed by atoms with van der Waals surface area (Å²) in [5.74, 6) is 1.76. The van der Waals surface area contributed by atoms with Gasteiger partial charge in [-0.15, -0.1) is 0 Å². The third kappa shape index (κ3) is 5.29. The zero-order chi connectivity index (χ0) is 37.0. The molecule has 11 aromatic rings. The number of para-hydroxylation sites is 2. The maximum Gasteiger partial charge on any atom is 0.167 e. The van der Waals surface area contributed by atoms with E-state index < -0.39 is 0 Å². The summed E-state index contributed by atoms with van der Waals surface area (Å²) in [5.41, 5.74) is 12.1. The monoisotopic (exact) mass is 716 g/mol. The molecule has 262 valence electrons. The molecule has 0 unspecified atom stereocenters. The van der Waals surface area contributed by atoms with E-state index in [1.54, 1.807) is 0 Å². The van der Waals surface area contributed by atoms with Crippen LogP contribution in [-0.2, 0) is 0 Å². The van der Waals surface area contributed by atoms with Crippen molar-refractivity contribution >= 4 is 43.7 Å². The lowest BCUT2D eigenvalue weighted by Gasteiger charge is -2.10. The van der Waals surface area contributed by atoms with Gasteiger partial charge in [0.25, 0.3) is 0 Å². The smallest absolute Gasteiger partial charge is 0.167 e. The second kappa shape index (κ2) is 13.0. The molecule has 8 aromatic carbocycles. The van der Waals surface area contributed by atoms with Crippen LogP contribution in [0, 0.1) is 0 Å². The lowest BCUT2D eigenvalue weighted by molar-refractivity contribution is 0.671. The largest absolute Gasteiger partial charge is 0.453 e. The minimum absolute atomic E-state index is 0.555. The van der Waals surface area contributed by atoms with E-state index in [-0.39, 0.29) is 0 Å². The van der Waals surface area contributed by atoms with E-state index in [9.17, 15) is 0 Å². The summed E-state index contributed by atoms with van der Waals surface area (Å²) >= 11 is 0. The molecule has 0 saturated carbocycles. The number of rotatable bonds is 6. The van der Waals surface area contributed by atoms with Gasteiger partial charge in [0.05, 0.1) is 16.6 Å². The van der Waals surface area contributed by atoms with Crippen LogP contribution < -0.4 is 0 Å². The third-order valence-electron chi connectivity index (χ3n) is 10.7. The predicted octanol–water partition coefficient (Wildman–Crippen LogP) is 13.2. The molecule has 5 nitrogen and oxygen atoms in total. The summed E-state index contributed by atoms with van der Waals surface area (Å²) in [7, 11) is 0. The van der Waals surface area contributed by atoms with E-state index in [0.717, 1.165) is 71.9 Å². The molecule has 0 radical (unpaired) electrons. The van der Waals surface area contributed by atoms with Gasteiger partial charge in [0, 0.05) is 38.4 Å². The molecule has 0 N–H and O–H groups in total. The summed E-state index contributed by atoms with van der Waals surface area (Å²) in [4.78, 5) is 15.2. The Morgan fingerprint density at radius 3 is 1.45 bits per heavy atom. The average Bonchev–Trinajstić information content (AvgIpc) is 3.84. The molecule has 0 aliphatic rings. The van der Waals surface area contributed by atoms with Gasteiger partial charge in [0.15, 0.2) is 23.1 Å². The summed E-state index contributed by atoms with van der Waals surface area (Å²) in [6, 6.07) is 67.4. The summed E-state index contributed by atoms with van der Waals surface area (Å²) in [5, 5.41) is 4.35. The second-order valence-electron chi connectivity index (χ2n) is 14.0. The van der Waals surface area contributed by atoms with Crippen molar-refractivity contribution in [1.29, 1.82) is 0 Å². The normalized spacial score (nSPS) is 11.6. The summed E-state index contributed by atoms with van der Waals surface area (Å²) in [6.07, 6.45) is 0. The van der Waals surface area contributed by atoms with E-state index >= 15 is 0 Å². The van der Waals surface area contributed by atoms with Crippen LogP contribution in [0.2, 0.25) is 0 Å². The quantitative estimate of drug-likeness (QED) is 0.172. The molecular weight excluding hydrogens is 685 g/mol. The standard InChI is InChI=1S/C51H32N4O/c1-4-13-33(14-5-1)35-23-25-38(26-24-35)50-52-49(37-17-8-3-9-18-37)53-51(54-50)44-21-12-20-42-43-32-31-41-40-19-10-11-22-45(40)55(46(41)48(43)56-47(42)44)39-29-27-36(28-30-39)34-15-6-2-7-16-34/h1-32H. The van der Waals surface area contributed by atoms with Crippen molar-refractivity contribution < 1.29 is 4.42 Å². The van der Waals surface area contributed by atoms with E-state index in [1.807, 2.05) is 48.5 Å². The first kappa shape index (κ1) is 31.9. The molecule has 0 spiro atoms. The molecule has 11 rings (SSSR count). The topological polar surface area (TPSA) is 56.7 Å². The van der Waals surface area contributed by atoms with Gasteiger partial charge in [-0.1, -0.05) is 164 Å². The molecule has 0 atom stereocenters. The molecule has 3 heterocycles. The Balaban J connectivity index is 1.11. The molecule has 0 bridgehead atoms. The van der Waals surface area contributed by atoms with Gasteiger partial charge in [0.1, 0.15) is 5.58 Å². The molecule has 0 amide bonds. The van der Waals surface area contributed by atoms with Crippen LogP contribution >= 0.6 is 0 Å². The van der Waals surface area contributed by atoms with Crippen LogP contribution in [-0.4, -0.2) is 19.5 Å². The fourth-order valence-electron chi connectivity index (χ4n) is 7.97. The van der Waals surface area contributed by atoms with Crippen LogP contribution in [0.15, 0.2) is 199 Å². The number of hydrogen-bond donors (Lipinski definition) is 0. The van der Waals surface area contributed by atoms with Crippen LogP contribution in [0.4, 0.5) is 0 Å². The highest BCUT2D eigenvalue weighted by Gasteiger charge is 2.22. The lowest BCUT2D eigenvalue weighted by Crippen LogP contribution is -2.00. The fourth-order valence-corrected chi connectivity index (χ4v) is 7.97. The van der Waals surface area contributed by atoms with Crippen LogP contribution in [0.1, 0.15) is 0 Å². The molecule has 5 heteroatoms. The van der Waals surface area contributed by atoms with Crippen molar-refractivity contribution in [3.63, 3.8) is 0 Å². The number of nitrogens with zero attached hydrogens (tertiary/aromatic N) is 4. The molecule has 56 heavy (non-hydrogen) atoms. The van der Waals surface area contributed by atoms with Crippen molar-refractivity contribution in [2.45, 2.75) is 0 Å². The van der Waals surface area contributed by atoms with Gasteiger partial charge in [-0.2, -0.15) is 0 Å². The minimum Gasteiger partial charge on any atom is -0.453 e. The second-order valence-corrected chi connectivity index (χ2v) is 14.0. The molecule has 0 aliphatic carbocycles. The van der Waals surface area contributed by atoms with Gasteiger partial charge >= 0.3 is 0 Å². The average molecular weight is 717 g/mol. The molecule has 0 fully saturated rings. The number of aromatic nitrogens is 4. The van der Waals surface area contributed by atoms with Gasteiger partial charge in [-0.25, -0.2) is 15.0 Å². The molecular formula is C51H32N4O. The van der Waals surface area contributed by atoms with E-state index in [2.05, 4.69) is 150 Å². The maximum atomic E-state index is 7.07. The van der Waals surface area contributed by atoms with Gasteiger partial charge < -0.3 is 8.98 Å². The van der Waals surface area contributed by atoms with E-state index in [0.29, 0.717) is 17.5 Å². The molecule has 0 aliphatic heterocycles. The number of benzene rings is 8. The van der Waals surface area contributed by atoms with Gasteiger partial charge in [-0.05, 0) is 52.6 Å². The first-order valence-corrected chi connectivity index (χ1v) is 18.8. The SMILES string of the molecule is c1ccc(-c2ccc(-c3nc(-c4ccccc4)nc(-c4cccc5c4oc4c5ccc5c6ccccc6n(-c6ccc(-c7ccccc7)cc6)c54)n3)cc2)cc1. The van der Waals surface area contributed by atoms with E-state index in [4.69, 9.17) is 19.4 Å². The van der Waals surface area contributed by atoms with Crippen LogP contribution in [0.5, 0.6) is 0 Å². The van der Waals surface area contributed by atoms with E-state index in [1.165, 1.54) is 16.5 Å². The van der Waals surface area contributed by atoms with Crippen molar-refractivity contribution in [3.8, 4) is 62.1 Å². The van der Waals surface area contributed by atoms with Gasteiger partial charge in [0.2, 0.25) is 0 Å². The van der Waals surface area contributed by atoms with Crippen molar-refractivity contribution in [2.24, 2.45) is 0 Å². The molecule has 3 aromatic heterocycles. The zero-order valence-corrected chi connectivity index (χ0v) is 30.2. The summed E-state index contributed by atoms with van der Waals surface area (Å²) in [6.45, 7) is 0. The maximum absolute atomic E-state index is 7.07. The first-order chi connectivity index (χ1) is 27.8. The zero-order valence-electron chi connectivity index (χ0n) is 30.2. The highest BCUT2D eigenvalue weighted by molar-refractivity contribution is 6.22. The Morgan fingerprint density at radius 1 is 0.321 bits per heavy atom. The number of furan rings is 1. The third-order valence-corrected chi connectivity index (χ3v) is 10.7. The Labute approximate surface area is 322 Å². The highest BCUT2D eigenvalue weighted by Crippen LogP contribution is 2.42. The Morgan fingerprint density at radius 2 is 0.786 bits per heavy atom. The van der Waals surface area contributed by atoms with Crippen molar-refractivity contribution in [3.05, 3.63) is 194 Å². The first-order valence-electron chi connectivity index (χ1n) is 18.8. The summed E-state index contributed by atoms with van der Waals surface area (Å²) < 4.78 is 9.40. The van der Waals surface area contributed by atoms with Crippen LogP contribution in [0.3, 0.4) is 0 Å². The Hall–Kier alpha value is -7.63. The van der Waals surface area contributed by atoms with Crippen LogP contribution in [0.25, 0.3) is 106 Å². The van der Waals surface area contributed by atoms with Gasteiger partial charge in [-0.3, -0.25) is 0 Å². The Bertz CT molecular complexity index is 3200. The van der Waals surface area contributed by atoms with Crippen molar-refractivity contribution in [1.82, 2.24) is 19.5 Å². The predicted molar refractivity (Wildman–Crippen MR) is 229 cm³/mol. The fraction of sp³-hybridized carbons (Fsp3) is 0. The molecule has 0 saturated heterocycles. The number of hydrogen-bond acceptors (Lipinski definition) is 4. The van der Waals surface area contributed by atoms with Crippen molar-refractivity contribution in [2.75, 3.05) is 0 Å². The lowest BCUT2D eigenvalue weighted by atomic mass is 10.0. The highest BCUT2D eigenvalue weighted by atomic mass is 16.3. The minimum atomic E-state index is 0.555. The Kier molecular flexibility index (Phi) is 7.42.